The van der Waals surface area contributed by atoms with Gasteiger partial charge in [0.25, 0.3) is 0 Å². The van der Waals surface area contributed by atoms with Crippen LogP contribution in [0.1, 0.15) is 38.4 Å². The highest BCUT2D eigenvalue weighted by molar-refractivity contribution is 8.00. The molecule has 0 saturated heterocycles. The van der Waals surface area contributed by atoms with Crippen molar-refractivity contribution in [1.82, 2.24) is 25.1 Å². The molecule has 7 nitrogen and oxygen atoms in total. The number of furan rings is 1. The third-order valence-electron chi connectivity index (χ3n) is 4.88. The summed E-state index contributed by atoms with van der Waals surface area (Å²) in [6, 6.07) is 7.89. The normalized spacial score (nSPS) is 15.6. The zero-order valence-electron chi connectivity index (χ0n) is 15.7. The highest BCUT2D eigenvalue weighted by Gasteiger charge is 2.24. The molecule has 1 fully saturated rings. The number of pyridine rings is 1. The van der Waals surface area contributed by atoms with E-state index in [4.69, 9.17) is 4.42 Å². The monoisotopic (exact) mass is 397 g/mol. The molecule has 1 amide bonds. The minimum absolute atomic E-state index is 0.0485. The number of nitrogens with one attached hydrogen (secondary N) is 1. The van der Waals surface area contributed by atoms with Crippen molar-refractivity contribution < 1.29 is 9.21 Å². The molecule has 3 heterocycles. The van der Waals surface area contributed by atoms with Crippen molar-refractivity contribution in [1.29, 1.82) is 0 Å². The summed E-state index contributed by atoms with van der Waals surface area (Å²) in [6.07, 6.45) is 9.66. The van der Waals surface area contributed by atoms with Gasteiger partial charge < -0.3 is 9.73 Å². The first-order chi connectivity index (χ1) is 13.7. The Kier molecular flexibility index (Phi) is 5.76. The van der Waals surface area contributed by atoms with Gasteiger partial charge in [-0.2, -0.15) is 0 Å². The summed E-state index contributed by atoms with van der Waals surface area (Å²) in [5, 5.41) is 12.3. The van der Waals surface area contributed by atoms with Gasteiger partial charge in [-0.15, -0.1) is 10.2 Å². The van der Waals surface area contributed by atoms with Crippen LogP contribution < -0.4 is 5.32 Å². The molecular weight excluding hydrogens is 374 g/mol. The summed E-state index contributed by atoms with van der Waals surface area (Å²) >= 11 is 1.41. The van der Waals surface area contributed by atoms with Crippen LogP contribution in [0.2, 0.25) is 0 Å². The second kappa shape index (κ2) is 8.60. The van der Waals surface area contributed by atoms with Crippen LogP contribution >= 0.6 is 11.8 Å². The molecule has 0 aliphatic heterocycles. The summed E-state index contributed by atoms with van der Waals surface area (Å²) < 4.78 is 7.49. The van der Waals surface area contributed by atoms with Crippen LogP contribution in [-0.4, -0.2) is 36.9 Å². The van der Waals surface area contributed by atoms with Gasteiger partial charge >= 0.3 is 0 Å². The Hall–Kier alpha value is -2.61. The van der Waals surface area contributed by atoms with Crippen LogP contribution in [0.3, 0.4) is 0 Å². The van der Waals surface area contributed by atoms with E-state index in [1.54, 1.807) is 18.7 Å². The number of hydrogen-bond acceptors (Lipinski definition) is 6. The van der Waals surface area contributed by atoms with Crippen molar-refractivity contribution in [3.63, 3.8) is 0 Å². The van der Waals surface area contributed by atoms with Crippen LogP contribution in [0.15, 0.2) is 52.5 Å². The Morgan fingerprint density at radius 3 is 2.89 bits per heavy atom. The summed E-state index contributed by atoms with van der Waals surface area (Å²) in [5.74, 6) is 1.55. The van der Waals surface area contributed by atoms with Crippen LogP contribution in [0.4, 0.5) is 0 Å². The van der Waals surface area contributed by atoms with Crippen molar-refractivity contribution in [2.75, 3.05) is 0 Å². The van der Waals surface area contributed by atoms with Gasteiger partial charge in [0.1, 0.15) is 5.76 Å². The molecule has 0 spiro atoms. The number of carbonyl (C=O) groups excluding carboxylic acids is 1. The van der Waals surface area contributed by atoms with Gasteiger partial charge in [-0.1, -0.05) is 24.6 Å². The summed E-state index contributed by atoms with van der Waals surface area (Å²) in [5.41, 5.74) is 0.872. The van der Waals surface area contributed by atoms with Crippen LogP contribution in [0, 0.1) is 0 Å². The lowest BCUT2D eigenvalue weighted by Crippen LogP contribution is -2.37. The zero-order valence-corrected chi connectivity index (χ0v) is 16.6. The molecule has 1 N–H and O–H groups in total. The minimum Gasteiger partial charge on any atom is -0.467 e. The molecule has 1 aliphatic carbocycles. The second-order valence-corrected chi connectivity index (χ2v) is 8.27. The maximum Gasteiger partial charge on any atom is 0.233 e. The standard InChI is InChI=1S/C20H23N5O2S/c1-14(19(26)22-16-7-2-3-8-16)28-20-24-23-18(15-6-4-10-21-12-15)25(20)13-17-9-5-11-27-17/h4-6,9-12,14,16H,2-3,7-8,13H2,1H3,(H,22,26). The summed E-state index contributed by atoms with van der Waals surface area (Å²) in [7, 11) is 0. The number of thioether (sulfide) groups is 1. The Balaban J connectivity index is 1.55. The second-order valence-electron chi connectivity index (χ2n) is 6.96. The van der Waals surface area contributed by atoms with Crippen molar-refractivity contribution in [3.8, 4) is 11.4 Å². The van der Waals surface area contributed by atoms with E-state index in [0.717, 1.165) is 24.2 Å². The minimum atomic E-state index is -0.262. The average Bonchev–Trinajstić information content (AvgIpc) is 3.46. The van der Waals surface area contributed by atoms with E-state index in [-0.39, 0.29) is 11.2 Å². The lowest BCUT2D eigenvalue weighted by Gasteiger charge is -2.16. The van der Waals surface area contributed by atoms with E-state index in [0.29, 0.717) is 23.6 Å². The molecule has 3 aromatic heterocycles. The maximum absolute atomic E-state index is 12.6. The smallest absolute Gasteiger partial charge is 0.233 e. The third-order valence-corrected chi connectivity index (χ3v) is 5.96. The molecule has 0 bridgehead atoms. The van der Waals surface area contributed by atoms with Gasteiger partial charge in [-0.25, -0.2) is 0 Å². The first-order valence-corrected chi connectivity index (χ1v) is 10.4. The fraction of sp³-hybridized carbons (Fsp3) is 0.400. The molecule has 1 saturated carbocycles. The molecule has 0 aromatic carbocycles. The fourth-order valence-corrected chi connectivity index (χ4v) is 4.24. The van der Waals surface area contributed by atoms with Crippen LogP contribution in [0.25, 0.3) is 11.4 Å². The fourth-order valence-electron chi connectivity index (χ4n) is 3.39. The molecular formula is C20H23N5O2S. The van der Waals surface area contributed by atoms with E-state index in [1.165, 1.54) is 24.6 Å². The van der Waals surface area contributed by atoms with E-state index in [2.05, 4.69) is 20.5 Å². The highest BCUT2D eigenvalue weighted by Crippen LogP contribution is 2.28. The first kappa shape index (κ1) is 18.7. The lowest BCUT2D eigenvalue weighted by atomic mass is 10.2. The topological polar surface area (TPSA) is 85.8 Å². The molecule has 1 unspecified atom stereocenters. The van der Waals surface area contributed by atoms with Gasteiger partial charge in [0, 0.05) is 24.0 Å². The van der Waals surface area contributed by atoms with Gasteiger partial charge in [-0.3, -0.25) is 14.3 Å². The summed E-state index contributed by atoms with van der Waals surface area (Å²) in [6.45, 7) is 2.40. The predicted octanol–water partition coefficient (Wildman–Crippen LogP) is 3.52. The zero-order chi connectivity index (χ0) is 19.3. The van der Waals surface area contributed by atoms with Gasteiger partial charge in [0.15, 0.2) is 11.0 Å². The average molecular weight is 398 g/mol. The molecule has 146 valence electrons. The lowest BCUT2D eigenvalue weighted by molar-refractivity contribution is -0.120. The number of aromatic nitrogens is 4. The third kappa shape index (κ3) is 4.27. The van der Waals surface area contributed by atoms with Crippen molar-refractivity contribution in [3.05, 3.63) is 48.7 Å². The Labute approximate surface area is 167 Å². The van der Waals surface area contributed by atoms with Gasteiger partial charge in [0.2, 0.25) is 5.91 Å². The highest BCUT2D eigenvalue weighted by atomic mass is 32.2. The van der Waals surface area contributed by atoms with E-state index >= 15 is 0 Å². The maximum atomic E-state index is 12.6. The quantitative estimate of drug-likeness (QED) is 0.614. The number of carbonyl (C=O) groups is 1. The molecule has 8 heteroatoms. The first-order valence-electron chi connectivity index (χ1n) is 9.53. The molecule has 4 rings (SSSR count). The molecule has 1 aliphatic rings. The Bertz CT molecular complexity index is 904. The van der Waals surface area contributed by atoms with Crippen molar-refractivity contribution in [2.24, 2.45) is 0 Å². The van der Waals surface area contributed by atoms with Crippen molar-refractivity contribution in [2.45, 2.75) is 55.6 Å². The van der Waals surface area contributed by atoms with Gasteiger partial charge in [-0.05, 0) is 44.0 Å². The van der Waals surface area contributed by atoms with E-state index < -0.39 is 0 Å². The number of nitrogens with zero attached hydrogens (tertiary/aromatic N) is 4. The molecule has 3 aromatic rings. The van der Waals surface area contributed by atoms with Gasteiger partial charge in [0.05, 0.1) is 18.1 Å². The van der Waals surface area contributed by atoms with E-state index in [9.17, 15) is 4.79 Å². The van der Waals surface area contributed by atoms with E-state index in [1.807, 2.05) is 35.8 Å². The number of amides is 1. The number of hydrogen-bond donors (Lipinski definition) is 1. The van der Waals surface area contributed by atoms with Crippen molar-refractivity contribution >= 4 is 17.7 Å². The van der Waals surface area contributed by atoms with Crippen LogP contribution in [-0.2, 0) is 11.3 Å². The Morgan fingerprint density at radius 2 is 2.18 bits per heavy atom. The Morgan fingerprint density at radius 1 is 1.32 bits per heavy atom. The predicted molar refractivity (Wildman–Crippen MR) is 107 cm³/mol. The number of rotatable bonds is 7. The molecule has 28 heavy (non-hydrogen) atoms. The summed E-state index contributed by atoms with van der Waals surface area (Å²) in [4.78, 5) is 16.8. The largest absolute Gasteiger partial charge is 0.467 e. The SMILES string of the molecule is CC(Sc1nnc(-c2cccnc2)n1Cc1ccco1)C(=O)NC1CCCC1. The van der Waals surface area contributed by atoms with Crippen LogP contribution in [0.5, 0.6) is 0 Å². The molecule has 0 radical (unpaired) electrons. The molecule has 1 atom stereocenters.